The molecule has 5 rings (SSSR count). The fourth-order valence-corrected chi connectivity index (χ4v) is 4.62. The Morgan fingerprint density at radius 3 is 2.47 bits per heavy atom. The standard InChI is InChI=1S/C26H23N3O7/c30-22(11-13-28-12-3-6-23(28)31)27-16-7-8-19-17-4-1-2-5-18(17)21(20(19)14-16)15-35-26(34)36-29-24(32)9-10-25(29)33/h1-8,14,21H,9-13,15H2,(H,27,30). The normalized spacial score (nSPS) is 17.9. The van der Waals surface area contributed by atoms with Crippen molar-refractivity contribution in [3.05, 3.63) is 65.7 Å². The van der Waals surface area contributed by atoms with Crippen molar-refractivity contribution in [2.75, 3.05) is 25.0 Å². The first-order valence-corrected chi connectivity index (χ1v) is 11.6. The minimum Gasteiger partial charge on any atom is -0.432 e. The number of amides is 4. The van der Waals surface area contributed by atoms with Crippen molar-refractivity contribution < 1.29 is 33.5 Å². The van der Waals surface area contributed by atoms with Crippen LogP contribution < -0.4 is 5.32 Å². The summed E-state index contributed by atoms with van der Waals surface area (Å²) >= 11 is 0. The van der Waals surface area contributed by atoms with Gasteiger partial charge >= 0.3 is 6.16 Å². The average molecular weight is 489 g/mol. The zero-order valence-corrected chi connectivity index (χ0v) is 19.3. The molecule has 0 aromatic heterocycles. The number of benzene rings is 2. The number of hydrogen-bond acceptors (Lipinski definition) is 7. The van der Waals surface area contributed by atoms with Gasteiger partial charge in [0.1, 0.15) is 6.61 Å². The van der Waals surface area contributed by atoms with Gasteiger partial charge in [-0.3, -0.25) is 24.0 Å². The third kappa shape index (κ3) is 4.57. The summed E-state index contributed by atoms with van der Waals surface area (Å²) in [4.78, 5) is 66.2. The molecule has 1 atom stereocenters. The molecule has 0 spiro atoms. The maximum Gasteiger partial charge on any atom is 0.533 e. The predicted octanol–water partition coefficient (Wildman–Crippen LogP) is 2.74. The van der Waals surface area contributed by atoms with Crippen molar-refractivity contribution in [3.8, 4) is 11.1 Å². The number of hydroxylamine groups is 2. The van der Waals surface area contributed by atoms with E-state index in [0.29, 0.717) is 23.8 Å². The lowest BCUT2D eigenvalue weighted by Gasteiger charge is -2.17. The zero-order chi connectivity index (χ0) is 25.2. The molecule has 2 aliphatic heterocycles. The van der Waals surface area contributed by atoms with E-state index in [4.69, 9.17) is 9.57 Å². The van der Waals surface area contributed by atoms with Crippen LogP contribution in [0.5, 0.6) is 0 Å². The second-order valence-corrected chi connectivity index (χ2v) is 8.66. The fourth-order valence-electron chi connectivity index (χ4n) is 4.62. The van der Waals surface area contributed by atoms with E-state index in [1.165, 1.54) is 6.08 Å². The Kier molecular flexibility index (Phi) is 6.24. The zero-order valence-electron chi connectivity index (χ0n) is 19.3. The highest BCUT2D eigenvalue weighted by atomic mass is 16.8. The van der Waals surface area contributed by atoms with Crippen LogP contribution in [0.15, 0.2) is 54.6 Å². The highest BCUT2D eigenvalue weighted by Gasteiger charge is 2.35. The summed E-state index contributed by atoms with van der Waals surface area (Å²) in [7, 11) is 0. The largest absolute Gasteiger partial charge is 0.533 e. The molecule has 10 heteroatoms. The summed E-state index contributed by atoms with van der Waals surface area (Å²) < 4.78 is 5.29. The number of ether oxygens (including phenoxy) is 1. The molecule has 36 heavy (non-hydrogen) atoms. The van der Waals surface area contributed by atoms with Crippen molar-refractivity contribution in [2.45, 2.75) is 25.2 Å². The number of carbonyl (C=O) groups is 5. The molecule has 2 aromatic carbocycles. The van der Waals surface area contributed by atoms with Gasteiger partial charge in [-0.05, 0) is 34.4 Å². The molecule has 2 aromatic rings. The van der Waals surface area contributed by atoms with Crippen molar-refractivity contribution >= 4 is 35.5 Å². The second-order valence-electron chi connectivity index (χ2n) is 8.66. The lowest BCUT2D eigenvalue weighted by molar-refractivity contribution is -0.177. The molecule has 2 heterocycles. The number of carbonyl (C=O) groups excluding carboxylic acids is 5. The van der Waals surface area contributed by atoms with E-state index in [2.05, 4.69) is 5.32 Å². The minimum absolute atomic E-state index is 0.00475. The molecule has 1 fully saturated rings. The van der Waals surface area contributed by atoms with E-state index < -0.39 is 18.0 Å². The Morgan fingerprint density at radius 2 is 1.72 bits per heavy atom. The minimum atomic E-state index is -1.14. The van der Waals surface area contributed by atoms with Gasteiger partial charge in [-0.2, -0.15) is 0 Å². The quantitative estimate of drug-likeness (QED) is 0.469. The van der Waals surface area contributed by atoms with Crippen molar-refractivity contribution in [1.82, 2.24) is 9.96 Å². The van der Waals surface area contributed by atoms with Crippen molar-refractivity contribution in [1.29, 1.82) is 0 Å². The summed E-state index contributed by atoms with van der Waals surface area (Å²) in [5.41, 5.74) is 4.31. The third-order valence-corrected chi connectivity index (χ3v) is 6.38. The lowest BCUT2D eigenvalue weighted by atomic mass is 9.97. The predicted molar refractivity (Wildman–Crippen MR) is 126 cm³/mol. The molecule has 184 valence electrons. The topological polar surface area (TPSA) is 122 Å². The van der Waals surface area contributed by atoms with Gasteiger partial charge in [-0.15, -0.1) is 0 Å². The summed E-state index contributed by atoms with van der Waals surface area (Å²) in [6.07, 6.45) is 2.27. The van der Waals surface area contributed by atoms with E-state index >= 15 is 0 Å². The molecular weight excluding hydrogens is 466 g/mol. The van der Waals surface area contributed by atoms with Gasteiger partial charge in [0.05, 0.1) is 0 Å². The summed E-state index contributed by atoms with van der Waals surface area (Å²) in [5.74, 6) is -1.82. The number of imide groups is 1. The van der Waals surface area contributed by atoms with Crippen LogP contribution in [-0.2, 0) is 28.8 Å². The molecule has 4 amide bonds. The summed E-state index contributed by atoms with van der Waals surface area (Å²) in [6.45, 7) is 0.753. The summed E-state index contributed by atoms with van der Waals surface area (Å²) in [6, 6.07) is 13.2. The van der Waals surface area contributed by atoms with E-state index in [1.54, 1.807) is 17.0 Å². The number of fused-ring (bicyclic) bond motifs is 3. The van der Waals surface area contributed by atoms with Crippen molar-refractivity contribution in [2.24, 2.45) is 0 Å². The van der Waals surface area contributed by atoms with E-state index in [1.807, 2.05) is 36.4 Å². The van der Waals surface area contributed by atoms with Crippen LogP contribution in [-0.4, -0.2) is 59.4 Å². The van der Waals surface area contributed by atoms with Crippen LogP contribution in [0.1, 0.15) is 36.3 Å². The van der Waals surface area contributed by atoms with Crippen LogP contribution >= 0.6 is 0 Å². The van der Waals surface area contributed by atoms with Crippen LogP contribution in [0.3, 0.4) is 0 Å². The van der Waals surface area contributed by atoms with Crippen LogP contribution in [0.25, 0.3) is 11.1 Å². The number of nitrogens with one attached hydrogen (secondary N) is 1. The molecule has 0 bridgehead atoms. The Labute approximate surface area is 206 Å². The number of nitrogens with zero attached hydrogens (tertiary/aromatic N) is 2. The van der Waals surface area contributed by atoms with E-state index in [9.17, 15) is 24.0 Å². The smallest absolute Gasteiger partial charge is 0.432 e. The first-order valence-electron chi connectivity index (χ1n) is 11.6. The van der Waals surface area contributed by atoms with E-state index in [0.717, 1.165) is 22.3 Å². The number of hydrogen-bond donors (Lipinski definition) is 1. The maximum absolute atomic E-state index is 12.5. The third-order valence-electron chi connectivity index (χ3n) is 6.38. The molecular formula is C26H23N3O7. The van der Waals surface area contributed by atoms with Crippen molar-refractivity contribution in [3.63, 3.8) is 0 Å². The van der Waals surface area contributed by atoms with Gasteiger partial charge < -0.3 is 15.0 Å². The van der Waals surface area contributed by atoms with Gasteiger partial charge in [0.15, 0.2) is 0 Å². The summed E-state index contributed by atoms with van der Waals surface area (Å²) in [5, 5.41) is 3.31. The molecule has 1 aliphatic carbocycles. The monoisotopic (exact) mass is 489 g/mol. The van der Waals surface area contributed by atoms with Gasteiger partial charge in [-0.25, -0.2) is 4.79 Å². The Bertz CT molecular complexity index is 1290. The fraction of sp³-hybridized carbons (Fsp3) is 0.269. The number of rotatable bonds is 7. The number of anilines is 1. The van der Waals surface area contributed by atoms with Gasteiger partial charge in [0.25, 0.3) is 11.8 Å². The average Bonchev–Trinajstić information content (AvgIpc) is 3.52. The van der Waals surface area contributed by atoms with Gasteiger partial charge in [0.2, 0.25) is 11.8 Å². The maximum atomic E-state index is 12.5. The molecule has 0 saturated carbocycles. The first-order chi connectivity index (χ1) is 17.4. The highest BCUT2D eigenvalue weighted by Crippen LogP contribution is 2.45. The molecule has 1 unspecified atom stereocenters. The molecule has 1 saturated heterocycles. The van der Waals surface area contributed by atoms with Gasteiger partial charge in [-0.1, -0.05) is 41.5 Å². The Balaban J connectivity index is 1.27. The first kappa shape index (κ1) is 23.3. The second kappa shape index (κ2) is 9.65. The molecule has 1 N–H and O–H groups in total. The highest BCUT2D eigenvalue weighted by molar-refractivity contribution is 6.01. The van der Waals surface area contributed by atoms with E-state index in [-0.39, 0.29) is 43.6 Å². The molecule has 10 nitrogen and oxygen atoms in total. The molecule has 3 aliphatic rings. The van der Waals surface area contributed by atoms with Crippen LogP contribution in [0.4, 0.5) is 10.5 Å². The van der Waals surface area contributed by atoms with Gasteiger partial charge in [0, 0.05) is 50.0 Å². The van der Waals surface area contributed by atoms with Crippen LogP contribution in [0, 0.1) is 0 Å². The molecule has 0 radical (unpaired) electrons. The Morgan fingerprint density at radius 1 is 0.972 bits per heavy atom. The SMILES string of the molecule is O=C(CCN1CC=CC1=O)Nc1ccc2c(c1)C(COC(=O)ON1C(=O)CCC1=O)c1ccccc1-2. The van der Waals surface area contributed by atoms with Crippen LogP contribution in [0.2, 0.25) is 0 Å². The Hall–Kier alpha value is -4.47. The lowest BCUT2D eigenvalue weighted by Crippen LogP contribution is -2.32.